The topological polar surface area (TPSA) is 189 Å². The fourth-order valence-electron chi connectivity index (χ4n) is 16.2. The second kappa shape index (κ2) is 30.0. The van der Waals surface area contributed by atoms with Gasteiger partial charge in [-0.05, 0) is 172 Å². The first-order chi connectivity index (χ1) is 39.8. The first kappa shape index (κ1) is 64.1. The molecule has 0 saturated heterocycles. The van der Waals surface area contributed by atoms with Crippen LogP contribution >= 0.6 is 0 Å². The number of benzene rings is 2. The Hall–Kier alpha value is -5.86. The third-order valence-electron chi connectivity index (χ3n) is 20.6. The van der Waals surface area contributed by atoms with Gasteiger partial charge in [-0.15, -0.1) is 0 Å². The van der Waals surface area contributed by atoms with Crippen molar-refractivity contribution < 1.29 is 63.3 Å². The van der Waals surface area contributed by atoms with E-state index in [1.54, 1.807) is 0 Å². The van der Waals surface area contributed by atoms with Crippen LogP contribution in [-0.4, -0.2) is 45.3 Å². The Morgan fingerprint density at radius 2 is 0.833 bits per heavy atom. The van der Waals surface area contributed by atoms with Crippen molar-refractivity contribution in [2.24, 2.45) is 44.7 Å². The smallest absolute Gasteiger partial charge is 0.305 e. The van der Waals surface area contributed by atoms with Gasteiger partial charge in [0, 0.05) is 59.4 Å². The number of aryl methyl sites for hydroxylation is 2. The minimum Gasteiger partial charge on any atom is -1.00 e. The van der Waals surface area contributed by atoms with Crippen LogP contribution in [0.1, 0.15) is 215 Å². The Balaban J connectivity index is 0.00000460. The number of hydrogen-bond acceptors (Lipinski definition) is 8. The van der Waals surface area contributed by atoms with Crippen LogP contribution in [0.15, 0.2) is 95.7 Å². The summed E-state index contributed by atoms with van der Waals surface area (Å²) in [7, 11) is 0. The highest BCUT2D eigenvalue weighted by molar-refractivity contribution is 5.94. The van der Waals surface area contributed by atoms with Gasteiger partial charge in [-0.1, -0.05) is 103 Å². The monoisotopic (exact) mass is 1190 g/mol. The molecule has 0 unspecified atom stereocenters. The largest absolute Gasteiger partial charge is 1.00 e. The van der Waals surface area contributed by atoms with E-state index in [2.05, 4.69) is 47.5 Å². The van der Waals surface area contributed by atoms with Crippen molar-refractivity contribution in [3.8, 4) is 11.5 Å². The number of aromatic hydroxyl groups is 2. The van der Waals surface area contributed by atoms with Gasteiger partial charge in [0.15, 0.2) is 24.8 Å². The fourth-order valence-corrected chi connectivity index (χ4v) is 16.2. The molecule has 2 heterocycles. The van der Waals surface area contributed by atoms with E-state index in [4.69, 9.17) is 10.2 Å². The van der Waals surface area contributed by atoms with Crippen LogP contribution in [0.25, 0.3) is 0 Å². The van der Waals surface area contributed by atoms with Crippen molar-refractivity contribution in [3.05, 3.63) is 108 Å². The van der Waals surface area contributed by atoms with Crippen molar-refractivity contribution in [1.82, 2.24) is 10.9 Å². The van der Waals surface area contributed by atoms with Crippen LogP contribution in [0, 0.1) is 34.5 Å². The lowest BCUT2D eigenvalue weighted by Crippen LogP contribution is -3.00. The number of carbonyl (C=O) groups is 4. The number of anilines is 2. The Morgan fingerprint density at radius 1 is 0.476 bits per heavy atom. The number of phenols is 2. The summed E-state index contributed by atoms with van der Waals surface area (Å²) in [6, 6.07) is 19.2. The number of rotatable bonds is 25. The minimum atomic E-state index is -0.158. The lowest BCUT2D eigenvalue weighted by molar-refractivity contribution is -0.684. The number of phenolic OH excluding ortho intramolecular Hbond substituents is 2. The predicted molar refractivity (Wildman–Crippen MR) is 321 cm³/mol. The molecule has 6 N–H and O–H groups in total. The molecule has 16 heteroatoms. The zero-order valence-corrected chi connectivity index (χ0v) is 51.3. The molecular formula is C68H92Cl2N8O6. The van der Waals surface area contributed by atoms with Crippen LogP contribution < -0.4 is 55.4 Å². The average Bonchev–Trinajstić information content (AvgIpc) is 1.99. The van der Waals surface area contributed by atoms with Crippen LogP contribution in [0.2, 0.25) is 0 Å². The molecule has 84 heavy (non-hydrogen) atoms. The maximum Gasteiger partial charge on any atom is 0.305 e. The average molecular weight is 1190 g/mol. The summed E-state index contributed by atoms with van der Waals surface area (Å²) in [5, 5.41) is 35.6. The summed E-state index contributed by atoms with van der Waals surface area (Å²) in [5.74, 6) is 3.88. The molecule has 0 spiro atoms. The van der Waals surface area contributed by atoms with Gasteiger partial charge in [0.1, 0.15) is 11.5 Å². The molecule has 4 amide bonds. The maximum absolute atomic E-state index is 13.0. The standard InChI is InChI=1S/C68H90N8O6.2ClH/c1-67-37-31-55-53-25-21-51(77)43-47(53)19-23-57(55)59(67)27-29-61(67)71-73-65(81)45-75-39-33-49(34-40-75)69-63(79)17-15-13-11-9-7-5-3-4-6-8-10-12-14-16-18-64(80)70-50-35-41-76(42-36-50)46-66(82)74-72-62-30-28-60-58-24-20-48-44-52(78)22-26-54(48)56(58)32-38-68(60,62)2;;/h21-22,25-26,33-36,39-44,55-60H,3-20,23-24,27-32,37-38,45-46H2,1-2H3,(H4,73,74,77,78,81,82);2*1H/b71-61+,72-62+;;/t55-,56-,57-,58-,59+,60+,67+,68+;;/m1../s1. The molecule has 4 fully saturated rings. The van der Waals surface area contributed by atoms with Gasteiger partial charge < -0.3 is 45.7 Å². The number of fused-ring (bicyclic) bond motifs is 10. The highest BCUT2D eigenvalue weighted by Crippen LogP contribution is 2.61. The highest BCUT2D eigenvalue weighted by Gasteiger charge is 2.55. The number of aromatic nitrogens is 2. The Labute approximate surface area is 511 Å². The molecule has 4 aromatic rings. The van der Waals surface area contributed by atoms with E-state index >= 15 is 0 Å². The van der Waals surface area contributed by atoms with Gasteiger partial charge in [0.05, 0.1) is 11.4 Å². The summed E-state index contributed by atoms with van der Waals surface area (Å²) >= 11 is 0. The normalized spacial score (nSPS) is 25.3. The van der Waals surface area contributed by atoms with E-state index in [-0.39, 0.29) is 72.4 Å². The zero-order valence-electron chi connectivity index (χ0n) is 49.8. The van der Waals surface area contributed by atoms with Gasteiger partial charge in [0.2, 0.25) is 24.9 Å². The lowest BCUT2D eigenvalue weighted by atomic mass is 9.55. The van der Waals surface area contributed by atoms with Crippen molar-refractivity contribution in [1.29, 1.82) is 0 Å². The fraction of sp³-hybridized carbons (Fsp3) is 0.588. The molecule has 0 radical (unpaired) electrons. The minimum absolute atomic E-state index is 0. The summed E-state index contributed by atoms with van der Waals surface area (Å²) in [5.41, 5.74) is 14.9. The number of halogens is 2. The second-order valence-corrected chi connectivity index (χ2v) is 25.8. The van der Waals surface area contributed by atoms with E-state index in [0.717, 1.165) is 138 Å². The van der Waals surface area contributed by atoms with E-state index in [1.807, 2.05) is 82.5 Å². The lowest BCUT2D eigenvalue weighted by Gasteiger charge is -2.49. The van der Waals surface area contributed by atoms with Crippen LogP contribution in [0.3, 0.4) is 0 Å². The van der Waals surface area contributed by atoms with Gasteiger partial charge in [-0.2, -0.15) is 19.3 Å². The van der Waals surface area contributed by atoms with Crippen LogP contribution in [0.4, 0.5) is 11.4 Å². The van der Waals surface area contributed by atoms with Crippen molar-refractivity contribution in [2.75, 3.05) is 10.6 Å². The van der Waals surface area contributed by atoms with E-state index in [0.29, 0.717) is 59.8 Å². The summed E-state index contributed by atoms with van der Waals surface area (Å²) in [6.45, 7) is 5.02. The molecule has 2 aromatic heterocycles. The van der Waals surface area contributed by atoms with Gasteiger partial charge >= 0.3 is 11.8 Å². The number of unbranched alkanes of at least 4 members (excludes halogenated alkanes) is 13. The van der Waals surface area contributed by atoms with Gasteiger partial charge in [-0.25, -0.2) is 10.9 Å². The predicted octanol–water partition coefficient (Wildman–Crippen LogP) is 6.56. The maximum atomic E-state index is 13.0. The number of nitrogens with zero attached hydrogens (tertiary/aromatic N) is 4. The quantitative estimate of drug-likeness (QED) is 0.0248. The molecule has 0 bridgehead atoms. The SMILES string of the molecule is C[C@]12CC[C@@H]3c4ccc(O)cc4CC[C@H]3[C@@H]1CC/C2=N\NC(=O)C[n+]1ccc(NC(=O)CCCCCCCCCCCCCCCCC(=O)Nc2cc[n+](CC(=O)N/N=C3\CC[C@H]4[C@@H]5CCc6cc(O)ccc6[C@H]5CC[C@]34C)cc2)cc1.[Cl-].[Cl-]. The van der Waals surface area contributed by atoms with Gasteiger partial charge in [0.25, 0.3) is 0 Å². The van der Waals surface area contributed by atoms with E-state index in [1.165, 1.54) is 73.6 Å². The van der Waals surface area contributed by atoms with Gasteiger partial charge in [-0.3, -0.25) is 19.2 Å². The molecule has 454 valence electrons. The molecule has 6 aliphatic rings. The summed E-state index contributed by atoms with van der Waals surface area (Å²) in [6.07, 6.45) is 37.2. The number of pyridine rings is 2. The van der Waals surface area contributed by atoms with E-state index < -0.39 is 0 Å². The van der Waals surface area contributed by atoms with E-state index in [9.17, 15) is 29.4 Å². The van der Waals surface area contributed by atoms with Crippen LogP contribution in [0.5, 0.6) is 11.5 Å². The number of carbonyl (C=O) groups excluding carboxylic acids is 4. The summed E-state index contributed by atoms with van der Waals surface area (Å²) in [4.78, 5) is 51.4. The summed E-state index contributed by atoms with van der Waals surface area (Å²) < 4.78 is 3.62. The molecule has 2 aromatic carbocycles. The molecule has 10 rings (SSSR count). The molecular weight excluding hydrogens is 1100 g/mol. The number of hydrogen-bond donors (Lipinski definition) is 6. The molecule has 0 aliphatic heterocycles. The van der Waals surface area contributed by atoms with Crippen molar-refractivity contribution in [2.45, 2.75) is 219 Å². The molecule has 4 saturated carbocycles. The van der Waals surface area contributed by atoms with Crippen molar-refractivity contribution in [3.63, 3.8) is 0 Å². The van der Waals surface area contributed by atoms with Crippen LogP contribution in [-0.2, 0) is 45.1 Å². The molecule has 6 aliphatic carbocycles. The Morgan fingerprint density at radius 3 is 1.20 bits per heavy atom. The van der Waals surface area contributed by atoms with Crippen molar-refractivity contribution >= 4 is 46.4 Å². The molecule has 8 atom stereocenters. The third-order valence-corrected chi connectivity index (χ3v) is 20.6. The number of hydrazone groups is 2. The number of amides is 4. The first-order valence-electron chi connectivity index (χ1n) is 31.8. The second-order valence-electron chi connectivity index (χ2n) is 25.8. The number of nitrogens with one attached hydrogen (secondary N) is 4. The Bertz CT molecular complexity index is 2760. The zero-order chi connectivity index (χ0) is 57.1. The first-order valence-corrected chi connectivity index (χ1v) is 31.8. The molecule has 14 nitrogen and oxygen atoms in total. The Kier molecular flexibility index (Phi) is 22.9. The third kappa shape index (κ3) is 15.8. The highest BCUT2D eigenvalue weighted by atomic mass is 35.5.